The zero-order valence-corrected chi connectivity index (χ0v) is 9.60. The molecule has 0 aliphatic carbocycles. The molecule has 0 bridgehead atoms. The zero-order valence-electron chi connectivity index (χ0n) is 8.78. The Hall–Kier alpha value is -0.940. The van der Waals surface area contributed by atoms with Crippen molar-refractivity contribution in [3.05, 3.63) is 29.6 Å². The Morgan fingerprint density at radius 2 is 1.87 bits per heavy atom. The third-order valence-electron chi connectivity index (χ3n) is 2.08. The summed E-state index contributed by atoms with van der Waals surface area (Å²) in [7, 11) is -3.83. The predicted octanol–water partition coefficient (Wildman–Crippen LogP) is 1.64. The fourth-order valence-corrected chi connectivity index (χ4v) is 2.45. The number of sulfone groups is 1. The second kappa shape index (κ2) is 3.57. The summed E-state index contributed by atoms with van der Waals surface area (Å²) >= 11 is 0. The molecule has 0 spiro atoms. The molecule has 0 amide bonds. The Balaban J connectivity index is 3.42. The first-order valence-corrected chi connectivity index (χ1v) is 5.88. The van der Waals surface area contributed by atoms with E-state index >= 15 is 0 Å². The van der Waals surface area contributed by atoms with Gasteiger partial charge in [0.15, 0.2) is 4.93 Å². The van der Waals surface area contributed by atoms with Crippen molar-refractivity contribution < 1.29 is 17.9 Å². The smallest absolute Gasteiger partial charge is 0.207 e. The first-order chi connectivity index (χ1) is 6.66. The van der Waals surface area contributed by atoms with Gasteiger partial charge in [-0.2, -0.15) is 0 Å². The van der Waals surface area contributed by atoms with Gasteiger partial charge >= 0.3 is 0 Å². The van der Waals surface area contributed by atoms with E-state index in [1.165, 1.54) is 20.8 Å². The van der Waals surface area contributed by atoms with Crippen LogP contribution in [0.3, 0.4) is 0 Å². The van der Waals surface area contributed by atoms with Crippen molar-refractivity contribution in [2.24, 2.45) is 0 Å². The summed E-state index contributed by atoms with van der Waals surface area (Å²) in [5, 5.41) is 9.51. The standard InChI is InChI=1S/C10H13FO3S/c1-7-6-8(11)4-5-9(7)15(13,14)10(2,3)12/h4-6,12H,1-3H3. The first-order valence-electron chi connectivity index (χ1n) is 4.39. The lowest BCUT2D eigenvalue weighted by molar-refractivity contribution is 0.165. The van der Waals surface area contributed by atoms with Crippen LogP contribution in [-0.2, 0) is 9.84 Å². The molecule has 1 N–H and O–H groups in total. The largest absolute Gasteiger partial charge is 0.374 e. The van der Waals surface area contributed by atoms with Gasteiger partial charge in [0.05, 0.1) is 4.90 Å². The van der Waals surface area contributed by atoms with Crippen molar-refractivity contribution in [1.82, 2.24) is 0 Å². The maximum atomic E-state index is 12.8. The Morgan fingerprint density at radius 3 is 2.27 bits per heavy atom. The van der Waals surface area contributed by atoms with Gasteiger partial charge in [0.1, 0.15) is 5.82 Å². The zero-order chi connectivity index (χ0) is 11.9. The van der Waals surface area contributed by atoms with Crippen molar-refractivity contribution in [2.45, 2.75) is 30.6 Å². The molecule has 0 aromatic heterocycles. The highest BCUT2D eigenvalue weighted by Gasteiger charge is 2.34. The number of rotatable bonds is 2. The average molecular weight is 232 g/mol. The normalized spacial score (nSPS) is 12.9. The van der Waals surface area contributed by atoms with Crippen LogP contribution in [0, 0.1) is 12.7 Å². The van der Waals surface area contributed by atoms with Crippen LogP contribution in [0.2, 0.25) is 0 Å². The quantitative estimate of drug-likeness (QED) is 0.788. The van der Waals surface area contributed by atoms with Crippen LogP contribution in [0.4, 0.5) is 4.39 Å². The topological polar surface area (TPSA) is 54.4 Å². The first kappa shape index (κ1) is 12.1. The van der Waals surface area contributed by atoms with Crippen molar-refractivity contribution in [1.29, 1.82) is 0 Å². The van der Waals surface area contributed by atoms with Gasteiger partial charge in [-0.1, -0.05) is 0 Å². The molecule has 0 aliphatic rings. The van der Waals surface area contributed by atoms with E-state index < -0.39 is 20.6 Å². The third-order valence-corrected chi connectivity index (χ3v) is 4.44. The van der Waals surface area contributed by atoms with Gasteiger partial charge in [-0.05, 0) is 44.5 Å². The fourth-order valence-electron chi connectivity index (χ4n) is 1.18. The lowest BCUT2D eigenvalue weighted by Gasteiger charge is -2.19. The summed E-state index contributed by atoms with van der Waals surface area (Å²) in [6, 6.07) is 3.35. The summed E-state index contributed by atoms with van der Waals surface area (Å²) in [6.45, 7) is 3.86. The molecule has 0 atom stereocenters. The summed E-state index contributed by atoms with van der Waals surface area (Å²) in [5.74, 6) is -0.498. The summed E-state index contributed by atoms with van der Waals surface area (Å²) in [5.41, 5.74) is 0.289. The molecular formula is C10H13FO3S. The van der Waals surface area contributed by atoms with Crippen molar-refractivity contribution in [3.63, 3.8) is 0 Å². The molecular weight excluding hydrogens is 219 g/mol. The lowest BCUT2D eigenvalue weighted by Crippen LogP contribution is -2.31. The number of aliphatic hydroxyl groups is 1. The van der Waals surface area contributed by atoms with Crippen molar-refractivity contribution in [3.8, 4) is 0 Å². The minimum atomic E-state index is -3.83. The van der Waals surface area contributed by atoms with E-state index in [9.17, 15) is 17.9 Å². The Kier molecular flexibility index (Phi) is 2.89. The van der Waals surface area contributed by atoms with Crippen LogP contribution >= 0.6 is 0 Å². The number of aryl methyl sites for hydroxylation is 1. The Morgan fingerprint density at radius 1 is 1.33 bits per heavy atom. The molecule has 0 aliphatic heterocycles. The molecule has 0 unspecified atom stereocenters. The van der Waals surface area contributed by atoms with Crippen molar-refractivity contribution >= 4 is 9.84 Å². The highest BCUT2D eigenvalue weighted by Crippen LogP contribution is 2.25. The molecule has 0 saturated carbocycles. The Labute approximate surface area is 88.5 Å². The van der Waals surface area contributed by atoms with Crippen LogP contribution < -0.4 is 0 Å². The molecule has 1 rings (SSSR count). The lowest BCUT2D eigenvalue weighted by atomic mass is 10.2. The molecule has 1 aromatic carbocycles. The predicted molar refractivity (Wildman–Crippen MR) is 54.6 cm³/mol. The van der Waals surface area contributed by atoms with E-state index in [-0.39, 0.29) is 10.5 Å². The van der Waals surface area contributed by atoms with Gasteiger partial charge in [-0.3, -0.25) is 0 Å². The highest BCUT2D eigenvalue weighted by molar-refractivity contribution is 7.92. The third kappa shape index (κ3) is 2.18. The molecule has 84 valence electrons. The summed E-state index contributed by atoms with van der Waals surface area (Å²) < 4.78 is 36.4. The average Bonchev–Trinajstić information content (AvgIpc) is 2.00. The molecule has 1 aromatic rings. The minimum absolute atomic E-state index is 0.0450. The molecule has 0 heterocycles. The van der Waals surface area contributed by atoms with E-state index in [4.69, 9.17) is 0 Å². The maximum Gasteiger partial charge on any atom is 0.207 e. The van der Waals surface area contributed by atoms with E-state index in [0.717, 1.165) is 18.2 Å². The number of benzene rings is 1. The number of hydrogen-bond donors (Lipinski definition) is 1. The van der Waals surface area contributed by atoms with Gasteiger partial charge in [-0.15, -0.1) is 0 Å². The maximum absolute atomic E-state index is 12.8. The molecule has 3 nitrogen and oxygen atoms in total. The van der Waals surface area contributed by atoms with Crippen LogP contribution in [0.25, 0.3) is 0 Å². The van der Waals surface area contributed by atoms with E-state index in [2.05, 4.69) is 0 Å². The SMILES string of the molecule is Cc1cc(F)ccc1S(=O)(=O)C(C)(C)O. The van der Waals surface area contributed by atoms with Gasteiger partial charge in [0, 0.05) is 0 Å². The van der Waals surface area contributed by atoms with Gasteiger partial charge < -0.3 is 5.11 Å². The van der Waals surface area contributed by atoms with Gasteiger partial charge in [0.2, 0.25) is 9.84 Å². The van der Waals surface area contributed by atoms with Gasteiger partial charge in [0.25, 0.3) is 0 Å². The second-order valence-electron chi connectivity index (χ2n) is 3.86. The number of halogens is 1. The fraction of sp³-hybridized carbons (Fsp3) is 0.400. The van der Waals surface area contributed by atoms with Crippen LogP contribution in [0.5, 0.6) is 0 Å². The van der Waals surface area contributed by atoms with Gasteiger partial charge in [-0.25, -0.2) is 12.8 Å². The van der Waals surface area contributed by atoms with E-state index in [0.29, 0.717) is 0 Å². The molecule has 5 heteroatoms. The minimum Gasteiger partial charge on any atom is -0.374 e. The van der Waals surface area contributed by atoms with E-state index in [1.54, 1.807) is 0 Å². The number of hydrogen-bond acceptors (Lipinski definition) is 3. The summed E-state index contributed by atoms with van der Waals surface area (Å²) in [4.78, 5) is -1.91. The Bertz CT molecular complexity index is 472. The summed E-state index contributed by atoms with van der Waals surface area (Å²) in [6.07, 6.45) is 0. The van der Waals surface area contributed by atoms with Crippen LogP contribution in [-0.4, -0.2) is 18.5 Å². The second-order valence-corrected chi connectivity index (χ2v) is 6.31. The molecule has 0 fully saturated rings. The van der Waals surface area contributed by atoms with Crippen LogP contribution in [0.1, 0.15) is 19.4 Å². The van der Waals surface area contributed by atoms with E-state index in [1.807, 2.05) is 0 Å². The van der Waals surface area contributed by atoms with Crippen LogP contribution in [0.15, 0.2) is 23.1 Å². The monoisotopic (exact) mass is 232 g/mol. The molecule has 15 heavy (non-hydrogen) atoms. The molecule has 0 radical (unpaired) electrons. The molecule has 0 saturated heterocycles. The highest BCUT2D eigenvalue weighted by atomic mass is 32.2. The van der Waals surface area contributed by atoms with Crippen molar-refractivity contribution in [2.75, 3.05) is 0 Å².